The van der Waals surface area contributed by atoms with Crippen LogP contribution in [0.15, 0.2) is 4.99 Å². The summed E-state index contributed by atoms with van der Waals surface area (Å²) in [5.41, 5.74) is 0. The number of nitrogens with zero attached hydrogens (tertiary/aromatic N) is 2. The highest BCUT2D eigenvalue weighted by Gasteiger charge is 2.23. The first-order valence-corrected chi connectivity index (χ1v) is 9.54. The molecule has 0 radical (unpaired) electrons. The van der Waals surface area contributed by atoms with Gasteiger partial charge in [0.15, 0.2) is 5.96 Å². The lowest BCUT2D eigenvalue weighted by Crippen LogP contribution is -2.46. The van der Waals surface area contributed by atoms with E-state index in [4.69, 9.17) is 9.73 Å². The molecule has 146 valence electrons. The van der Waals surface area contributed by atoms with Crippen LogP contribution in [-0.4, -0.2) is 63.2 Å². The average Bonchev–Trinajstić information content (AvgIpc) is 3.42. The van der Waals surface area contributed by atoms with E-state index >= 15 is 0 Å². The van der Waals surface area contributed by atoms with Crippen molar-refractivity contribution in [1.29, 1.82) is 0 Å². The van der Waals surface area contributed by atoms with Crippen LogP contribution in [0.3, 0.4) is 0 Å². The van der Waals surface area contributed by atoms with E-state index in [1.807, 2.05) is 0 Å². The first-order valence-electron chi connectivity index (χ1n) is 9.54. The van der Waals surface area contributed by atoms with Gasteiger partial charge in [-0.25, -0.2) is 0 Å². The summed E-state index contributed by atoms with van der Waals surface area (Å²) in [7, 11) is 1.71. The van der Waals surface area contributed by atoms with E-state index in [-0.39, 0.29) is 29.9 Å². The third-order valence-electron chi connectivity index (χ3n) is 4.76. The Bertz CT molecular complexity index is 408. The predicted molar refractivity (Wildman–Crippen MR) is 113 cm³/mol. The van der Waals surface area contributed by atoms with Gasteiger partial charge in [0, 0.05) is 52.9 Å². The zero-order valence-corrected chi connectivity index (χ0v) is 18.1. The molecule has 1 amide bonds. The van der Waals surface area contributed by atoms with Gasteiger partial charge in [-0.1, -0.05) is 0 Å². The first kappa shape index (κ1) is 22.5. The van der Waals surface area contributed by atoms with Crippen molar-refractivity contribution in [2.24, 2.45) is 16.8 Å². The summed E-state index contributed by atoms with van der Waals surface area (Å²) in [6, 6.07) is 0. The highest BCUT2D eigenvalue weighted by Crippen LogP contribution is 2.28. The fourth-order valence-electron chi connectivity index (χ4n) is 3.03. The number of ether oxygens (including phenoxy) is 1. The minimum Gasteiger partial charge on any atom is -0.381 e. The SMILES string of the molecule is CCNC(=NCCCOCC1CC1)N1CCC(CC(=O)NC)CC1.I. The molecule has 2 N–H and O–H groups in total. The molecule has 6 nitrogen and oxygen atoms in total. The lowest BCUT2D eigenvalue weighted by Gasteiger charge is -2.34. The largest absolute Gasteiger partial charge is 0.381 e. The van der Waals surface area contributed by atoms with Crippen molar-refractivity contribution in [2.45, 2.75) is 45.4 Å². The number of piperidine rings is 1. The summed E-state index contributed by atoms with van der Waals surface area (Å²) >= 11 is 0. The highest BCUT2D eigenvalue weighted by atomic mass is 127. The third kappa shape index (κ3) is 9.08. The van der Waals surface area contributed by atoms with Gasteiger partial charge in [-0.15, -0.1) is 24.0 Å². The Hall–Kier alpha value is -0.570. The quantitative estimate of drug-likeness (QED) is 0.237. The third-order valence-corrected chi connectivity index (χ3v) is 4.76. The Morgan fingerprint density at radius 2 is 1.92 bits per heavy atom. The van der Waals surface area contributed by atoms with Gasteiger partial charge in [0.25, 0.3) is 0 Å². The monoisotopic (exact) mass is 466 g/mol. The molecule has 2 fully saturated rings. The number of hydrogen-bond acceptors (Lipinski definition) is 3. The van der Waals surface area contributed by atoms with Crippen molar-refractivity contribution in [3.63, 3.8) is 0 Å². The maximum absolute atomic E-state index is 11.5. The van der Waals surface area contributed by atoms with E-state index in [1.165, 1.54) is 12.8 Å². The van der Waals surface area contributed by atoms with Gasteiger partial charge in [-0.05, 0) is 50.9 Å². The zero-order chi connectivity index (χ0) is 17.2. The maximum atomic E-state index is 11.5. The van der Waals surface area contributed by atoms with Crippen LogP contribution < -0.4 is 10.6 Å². The molecule has 1 saturated carbocycles. The summed E-state index contributed by atoms with van der Waals surface area (Å²) in [4.78, 5) is 18.6. The fourth-order valence-corrected chi connectivity index (χ4v) is 3.03. The molecule has 0 atom stereocenters. The molecule has 0 bridgehead atoms. The minimum absolute atomic E-state index is 0. The van der Waals surface area contributed by atoms with Crippen molar-refractivity contribution in [2.75, 3.05) is 46.4 Å². The van der Waals surface area contributed by atoms with Crippen LogP contribution >= 0.6 is 24.0 Å². The van der Waals surface area contributed by atoms with E-state index < -0.39 is 0 Å². The van der Waals surface area contributed by atoms with Gasteiger partial charge in [0.1, 0.15) is 0 Å². The number of halogens is 1. The summed E-state index contributed by atoms with van der Waals surface area (Å²) in [5, 5.41) is 6.12. The van der Waals surface area contributed by atoms with Crippen molar-refractivity contribution >= 4 is 35.8 Å². The van der Waals surface area contributed by atoms with Gasteiger partial charge < -0.3 is 20.3 Å². The fraction of sp³-hybridized carbons (Fsp3) is 0.889. The molecule has 0 spiro atoms. The van der Waals surface area contributed by atoms with Crippen molar-refractivity contribution in [3.05, 3.63) is 0 Å². The van der Waals surface area contributed by atoms with Crippen molar-refractivity contribution in [1.82, 2.24) is 15.5 Å². The Morgan fingerprint density at radius 1 is 1.20 bits per heavy atom. The number of hydrogen-bond donors (Lipinski definition) is 2. The molecule has 0 unspecified atom stereocenters. The van der Waals surface area contributed by atoms with Crippen LogP contribution in [0.1, 0.15) is 45.4 Å². The number of amides is 1. The van der Waals surface area contributed by atoms with E-state index in [0.717, 1.165) is 70.5 Å². The molecule has 1 heterocycles. The molecule has 1 aliphatic carbocycles. The summed E-state index contributed by atoms with van der Waals surface area (Å²) < 4.78 is 5.67. The Morgan fingerprint density at radius 3 is 2.52 bits per heavy atom. The van der Waals surface area contributed by atoms with E-state index in [0.29, 0.717) is 12.3 Å². The summed E-state index contributed by atoms with van der Waals surface area (Å²) in [6.07, 6.45) is 6.44. The van der Waals surface area contributed by atoms with Crippen LogP contribution in [0.25, 0.3) is 0 Å². The van der Waals surface area contributed by atoms with Crippen molar-refractivity contribution < 1.29 is 9.53 Å². The van der Waals surface area contributed by atoms with Gasteiger partial charge in [-0.2, -0.15) is 0 Å². The van der Waals surface area contributed by atoms with Crippen LogP contribution in [0, 0.1) is 11.8 Å². The molecule has 0 aromatic rings. The van der Waals surface area contributed by atoms with Gasteiger partial charge in [0.2, 0.25) is 5.91 Å². The minimum atomic E-state index is 0. The van der Waals surface area contributed by atoms with Gasteiger partial charge in [-0.3, -0.25) is 9.79 Å². The molecule has 2 rings (SSSR count). The van der Waals surface area contributed by atoms with Gasteiger partial charge >= 0.3 is 0 Å². The second-order valence-electron chi connectivity index (χ2n) is 6.92. The normalized spacial score (nSPS) is 18.6. The van der Waals surface area contributed by atoms with Crippen LogP contribution in [0.2, 0.25) is 0 Å². The van der Waals surface area contributed by atoms with E-state index in [9.17, 15) is 4.79 Å². The zero-order valence-electron chi connectivity index (χ0n) is 15.8. The topological polar surface area (TPSA) is 66.0 Å². The summed E-state index contributed by atoms with van der Waals surface area (Å²) in [5.74, 6) is 2.50. The smallest absolute Gasteiger partial charge is 0.220 e. The van der Waals surface area contributed by atoms with E-state index in [1.54, 1.807) is 7.05 Å². The lowest BCUT2D eigenvalue weighted by atomic mass is 9.93. The second kappa shape index (κ2) is 12.7. The molecule has 1 saturated heterocycles. The maximum Gasteiger partial charge on any atom is 0.220 e. The number of likely N-dealkylation sites (tertiary alicyclic amines) is 1. The number of carbonyl (C=O) groups excluding carboxylic acids is 1. The van der Waals surface area contributed by atoms with Crippen LogP contribution in [0.5, 0.6) is 0 Å². The molecular formula is C18H35IN4O2. The standard InChI is InChI=1S/C18H34N4O2.HI/c1-3-20-18(21-9-4-12-24-14-16-5-6-16)22-10-7-15(8-11-22)13-17(23)19-2;/h15-16H,3-14H2,1-2H3,(H,19,23)(H,20,21);1H. The molecule has 1 aliphatic heterocycles. The summed E-state index contributed by atoms with van der Waals surface area (Å²) in [6.45, 7) is 7.50. The lowest BCUT2D eigenvalue weighted by molar-refractivity contribution is -0.121. The molecule has 25 heavy (non-hydrogen) atoms. The van der Waals surface area contributed by atoms with Crippen LogP contribution in [-0.2, 0) is 9.53 Å². The van der Waals surface area contributed by atoms with Gasteiger partial charge in [0.05, 0.1) is 0 Å². The Labute approximate surface area is 169 Å². The number of guanidine groups is 1. The average molecular weight is 466 g/mol. The van der Waals surface area contributed by atoms with Crippen molar-refractivity contribution in [3.8, 4) is 0 Å². The number of nitrogens with one attached hydrogen (secondary N) is 2. The number of carbonyl (C=O) groups is 1. The second-order valence-corrected chi connectivity index (χ2v) is 6.92. The predicted octanol–water partition coefficient (Wildman–Crippen LogP) is 2.23. The molecule has 7 heteroatoms. The molecule has 0 aromatic carbocycles. The number of aliphatic imine (C=N–C) groups is 1. The highest BCUT2D eigenvalue weighted by molar-refractivity contribution is 14.0. The molecule has 2 aliphatic rings. The molecule has 0 aromatic heterocycles. The Kier molecular flexibility index (Phi) is 11.4. The Balaban J connectivity index is 0.00000312. The number of rotatable bonds is 9. The van der Waals surface area contributed by atoms with Crippen LogP contribution in [0.4, 0.5) is 0 Å². The molecular weight excluding hydrogens is 431 g/mol. The van der Waals surface area contributed by atoms with E-state index in [2.05, 4.69) is 22.5 Å². The first-order chi connectivity index (χ1) is 11.7.